The van der Waals surface area contributed by atoms with Crippen LogP contribution in [0.15, 0.2) is 0 Å². The van der Waals surface area contributed by atoms with Gasteiger partial charge in [-0.05, 0) is 31.4 Å². The maximum atomic E-state index is 5.19. The molecule has 2 aromatic heterocycles. The van der Waals surface area contributed by atoms with Crippen LogP contribution in [0.2, 0.25) is 0 Å². The van der Waals surface area contributed by atoms with Crippen molar-refractivity contribution in [3.63, 3.8) is 0 Å². The first-order valence-corrected chi connectivity index (χ1v) is 5.86. The van der Waals surface area contributed by atoms with Crippen molar-refractivity contribution < 1.29 is 0 Å². The van der Waals surface area contributed by atoms with Crippen molar-refractivity contribution in [1.29, 1.82) is 0 Å². The minimum absolute atomic E-state index is 0.491. The third-order valence-electron chi connectivity index (χ3n) is 1.000. The zero-order chi connectivity index (χ0) is 10.6. The van der Waals surface area contributed by atoms with Gasteiger partial charge in [-0.15, -0.1) is 5.10 Å². The first-order chi connectivity index (χ1) is 6.58. The summed E-state index contributed by atoms with van der Waals surface area (Å²) in [6, 6.07) is 0. The number of anilines is 1. The van der Waals surface area contributed by atoms with Crippen LogP contribution in [0.5, 0.6) is 0 Å². The highest BCUT2D eigenvalue weighted by Gasteiger charge is 1.83. The quantitative estimate of drug-likeness (QED) is 0.637. The number of rotatable bonds is 0. The molecule has 0 saturated heterocycles. The van der Waals surface area contributed by atoms with E-state index in [0.29, 0.717) is 9.09 Å². The molecule has 0 saturated carbocycles. The van der Waals surface area contributed by atoms with E-state index >= 15 is 0 Å². The maximum absolute atomic E-state index is 5.19. The molecule has 0 spiro atoms. The summed E-state index contributed by atoms with van der Waals surface area (Å²) in [5, 5.41) is 14.0. The molecule has 5 nitrogen and oxygen atoms in total. The van der Waals surface area contributed by atoms with Crippen LogP contribution >= 0.6 is 47.1 Å². The van der Waals surface area contributed by atoms with Gasteiger partial charge in [0.15, 0.2) is 7.91 Å². The van der Waals surface area contributed by atoms with E-state index in [1.54, 1.807) is 0 Å². The normalized spacial score (nSPS) is 9.21. The second-order valence-electron chi connectivity index (χ2n) is 2.08. The van der Waals surface area contributed by atoms with Crippen LogP contribution in [0.25, 0.3) is 0 Å². The monoisotopic (exact) mass is 265 g/mol. The molecule has 4 N–H and O–H groups in total. The second kappa shape index (κ2) is 5.29. The fourth-order valence-corrected chi connectivity index (χ4v) is 2.08. The third-order valence-corrected chi connectivity index (χ3v) is 2.92. The predicted octanol–water partition coefficient (Wildman–Crippen LogP) is 2.29. The number of nitrogens with two attached hydrogens (primary N) is 1. The van der Waals surface area contributed by atoms with Gasteiger partial charge in [0, 0.05) is 0 Å². The molecule has 0 unspecified atom stereocenters. The molecule has 2 rings (SSSR count). The Labute approximate surface area is 98.0 Å². The summed E-state index contributed by atoms with van der Waals surface area (Å²) in [6.45, 7) is 1.91. The van der Waals surface area contributed by atoms with Crippen LogP contribution in [0.4, 0.5) is 5.13 Å². The van der Waals surface area contributed by atoms with Gasteiger partial charge in [0.25, 0.3) is 0 Å². The van der Waals surface area contributed by atoms with Gasteiger partial charge < -0.3 is 5.73 Å². The summed E-state index contributed by atoms with van der Waals surface area (Å²) in [5.41, 5.74) is 5.19. The van der Waals surface area contributed by atoms with E-state index in [4.69, 9.17) is 18.0 Å². The Balaban J connectivity index is 0.000000140. The van der Waals surface area contributed by atoms with Gasteiger partial charge >= 0.3 is 0 Å². The third kappa shape index (κ3) is 4.05. The molecule has 9 heteroatoms. The number of hydrogen-bond donors (Lipinski definition) is 3. The Hall–Kier alpha value is -0.640. The zero-order valence-electron chi connectivity index (χ0n) is 7.10. The molecule has 0 bridgehead atoms. The van der Waals surface area contributed by atoms with E-state index < -0.39 is 0 Å². The number of aryl methyl sites for hydroxylation is 1. The van der Waals surface area contributed by atoms with Crippen LogP contribution in [0, 0.1) is 14.8 Å². The first-order valence-electron chi connectivity index (χ1n) is 3.41. The predicted molar refractivity (Wildman–Crippen MR) is 63.7 cm³/mol. The lowest BCUT2D eigenvalue weighted by atomic mass is 10.9. The van der Waals surface area contributed by atoms with Gasteiger partial charge in [0.2, 0.25) is 5.13 Å². The van der Waals surface area contributed by atoms with Crippen LogP contribution in [-0.4, -0.2) is 20.4 Å². The van der Waals surface area contributed by atoms with Crippen molar-refractivity contribution in [2.45, 2.75) is 6.92 Å². The van der Waals surface area contributed by atoms with Gasteiger partial charge in [0.1, 0.15) is 5.01 Å². The number of nitrogen functional groups attached to an aromatic ring is 1. The molecule has 2 aromatic rings. The molecule has 0 fully saturated rings. The smallest absolute Gasteiger partial charge is 0.201 e. The molecule has 0 aliphatic rings. The SMILES string of the molecule is Cc1n[nH]c(=S)s1.Nc1n[nH]c(=S)s1. The summed E-state index contributed by atoms with van der Waals surface area (Å²) < 4.78 is 1.37. The summed E-state index contributed by atoms with van der Waals surface area (Å²) in [6.07, 6.45) is 0. The van der Waals surface area contributed by atoms with Gasteiger partial charge in [-0.2, -0.15) is 5.10 Å². The summed E-state index contributed by atoms with van der Waals surface area (Å²) in [7, 11) is 0. The van der Waals surface area contributed by atoms with Crippen molar-refractivity contribution in [1.82, 2.24) is 20.4 Å². The number of nitrogens with zero attached hydrogens (tertiary/aromatic N) is 2. The summed E-state index contributed by atoms with van der Waals surface area (Å²) in [5.74, 6) is 0. The van der Waals surface area contributed by atoms with Gasteiger partial charge in [-0.25, -0.2) is 0 Å². The lowest BCUT2D eigenvalue weighted by Gasteiger charge is -1.65. The van der Waals surface area contributed by atoms with Crippen LogP contribution in [0.1, 0.15) is 5.01 Å². The summed E-state index contributed by atoms with van der Waals surface area (Å²) >= 11 is 12.1. The molecule has 0 atom stereocenters. The molecule has 0 aromatic carbocycles. The second-order valence-corrected chi connectivity index (χ2v) is 5.65. The lowest BCUT2D eigenvalue weighted by molar-refractivity contribution is 1.04. The average molecular weight is 265 g/mol. The number of nitrogens with one attached hydrogen (secondary N) is 2. The summed E-state index contributed by atoms with van der Waals surface area (Å²) in [4.78, 5) is 0. The van der Waals surface area contributed by atoms with Crippen molar-refractivity contribution in [2.75, 3.05) is 5.73 Å². The molecule has 14 heavy (non-hydrogen) atoms. The Kier molecular flexibility index (Phi) is 4.32. The molecule has 76 valence electrons. The standard InChI is InChI=1S/C3H4N2S2.C2H3N3S2/c1-2-4-5-3(6)7-2;3-1-4-5-2(6)7-1/h1H3,(H,5,6);(H2,3,4)(H,5,6). The Morgan fingerprint density at radius 3 is 1.86 bits per heavy atom. The Morgan fingerprint density at radius 2 is 1.71 bits per heavy atom. The van der Waals surface area contributed by atoms with Gasteiger partial charge in [0.05, 0.1) is 0 Å². The van der Waals surface area contributed by atoms with Crippen molar-refractivity contribution in [2.24, 2.45) is 0 Å². The largest absolute Gasteiger partial charge is 0.374 e. The minimum atomic E-state index is 0.491. The zero-order valence-corrected chi connectivity index (χ0v) is 10.4. The topological polar surface area (TPSA) is 83.4 Å². The first kappa shape index (κ1) is 11.4. The molecular formula is C5H7N5S4. The van der Waals surface area contributed by atoms with Crippen LogP contribution < -0.4 is 5.73 Å². The molecular weight excluding hydrogens is 258 g/mol. The average Bonchev–Trinajstić information content (AvgIpc) is 2.63. The maximum Gasteiger partial charge on any atom is 0.201 e. The Bertz CT molecular complexity index is 444. The van der Waals surface area contributed by atoms with Gasteiger partial charge in [-0.1, -0.05) is 22.7 Å². The van der Waals surface area contributed by atoms with E-state index in [2.05, 4.69) is 32.6 Å². The van der Waals surface area contributed by atoms with Crippen LogP contribution in [-0.2, 0) is 0 Å². The van der Waals surface area contributed by atoms with E-state index in [-0.39, 0.29) is 0 Å². The van der Waals surface area contributed by atoms with Crippen molar-refractivity contribution >= 4 is 52.2 Å². The van der Waals surface area contributed by atoms with E-state index in [9.17, 15) is 0 Å². The Morgan fingerprint density at radius 1 is 1.14 bits per heavy atom. The van der Waals surface area contributed by atoms with E-state index in [1.165, 1.54) is 22.7 Å². The number of H-pyrrole nitrogens is 2. The minimum Gasteiger partial charge on any atom is -0.374 e. The molecule has 2 heterocycles. The number of hydrogen-bond acceptors (Lipinski definition) is 7. The highest BCUT2D eigenvalue weighted by atomic mass is 32.2. The van der Waals surface area contributed by atoms with Crippen molar-refractivity contribution in [3.05, 3.63) is 12.9 Å². The molecule has 0 aliphatic carbocycles. The number of aromatic nitrogens is 4. The van der Waals surface area contributed by atoms with Crippen LogP contribution in [0.3, 0.4) is 0 Å². The van der Waals surface area contributed by atoms with E-state index in [0.717, 1.165) is 8.96 Å². The van der Waals surface area contributed by atoms with Crippen molar-refractivity contribution in [3.8, 4) is 0 Å². The highest BCUT2D eigenvalue weighted by molar-refractivity contribution is 7.73. The molecule has 0 aliphatic heterocycles. The highest BCUT2D eigenvalue weighted by Crippen LogP contribution is 2.03. The van der Waals surface area contributed by atoms with Gasteiger partial charge in [-0.3, -0.25) is 10.2 Å². The fourth-order valence-electron chi connectivity index (χ4n) is 0.546. The fraction of sp³-hybridized carbons (Fsp3) is 0.200. The van der Waals surface area contributed by atoms with E-state index in [1.807, 2.05) is 6.92 Å². The molecule has 0 amide bonds. The molecule has 0 radical (unpaired) electrons. The number of aromatic amines is 2. The lowest BCUT2D eigenvalue weighted by Crippen LogP contribution is -1.79.